The molecule has 0 N–H and O–H groups in total. The minimum atomic E-state index is 0.213. The Kier molecular flexibility index (Phi) is 5.57. The van der Waals surface area contributed by atoms with Gasteiger partial charge in [-0.2, -0.15) is 0 Å². The van der Waals surface area contributed by atoms with Crippen molar-refractivity contribution in [3.8, 4) is 10.8 Å². The topological polar surface area (TPSA) is 56.0 Å². The monoisotopic (exact) mass is 404 g/mol. The van der Waals surface area contributed by atoms with Crippen LogP contribution in [0.4, 0.5) is 0 Å². The van der Waals surface area contributed by atoms with Gasteiger partial charge in [0.2, 0.25) is 0 Å². The number of ketones is 1. The molecule has 1 aliphatic rings. The zero-order valence-corrected chi connectivity index (χ0v) is 17.0. The predicted octanol–water partition coefficient (Wildman–Crippen LogP) is 5.74. The number of thioether (sulfide) groups is 1. The first-order chi connectivity index (χ1) is 12.7. The summed E-state index contributed by atoms with van der Waals surface area (Å²) in [6, 6.07) is 6.01. The third-order valence-electron chi connectivity index (χ3n) is 4.52. The van der Waals surface area contributed by atoms with Crippen LogP contribution in [0.1, 0.15) is 46.3 Å². The van der Waals surface area contributed by atoms with E-state index in [-0.39, 0.29) is 5.78 Å². The minimum absolute atomic E-state index is 0.213. The van der Waals surface area contributed by atoms with Crippen molar-refractivity contribution in [2.24, 2.45) is 5.92 Å². The van der Waals surface area contributed by atoms with Gasteiger partial charge >= 0.3 is 0 Å². The van der Waals surface area contributed by atoms with E-state index in [1.807, 2.05) is 17.5 Å². The van der Waals surface area contributed by atoms with Gasteiger partial charge in [0, 0.05) is 17.1 Å². The summed E-state index contributed by atoms with van der Waals surface area (Å²) in [4.78, 5) is 15.4. The van der Waals surface area contributed by atoms with Gasteiger partial charge in [-0.3, -0.25) is 4.79 Å². The molecular weight excluding hydrogens is 384 g/mol. The Balaban J connectivity index is 1.30. The first-order valence-corrected chi connectivity index (χ1v) is 11.5. The molecule has 0 saturated carbocycles. The maximum absolute atomic E-state index is 12.0. The lowest BCUT2D eigenvalue weighted by Gasteiger charge is -2.16. The second-order valence-corrected chi connectivity index (χ2v) is 9.76. The lowest BCUT2D eigenvalue weighted by Crippen LogP contribution is -2.07. The highest BCUT2D eigenvalue weighted by Crippen LogP contribution is 2.37. The van der Waals surface area contributed by atoms with Crippen LogP contribution in [0.25, 0.3) is 10.8 Å². The van der Waals surface area contributed by atoms with Gasteiger partial charge in [-0.1, -0.05) is 24.8 Å². The summed E-state index contributed by atoms with van der Waals surface area (Å²) in [5.74, 6) is 2.40. The molecule has 0 amide bonds. The average molecular weight is 405 g/mol. The van der Waals surface area contributed by atoms with Crippen LogP contribution < -0.4 is 0 Å². The van der Waals surface area contributed by atoms with Gasteiger partial charge in [0.15, 0.2) is 5.78 Å². The molecule has 0 aromatic carbocycles. The smallest absolute Gasteiger partial charge is 0.276 e. The van der Waals surface area contributed by atoms with Crippen LogP contribution in [-0.2, 0) is 12.8 Å². The number of carbonyl (C=O) groups is 1. The van der Waals surface area contributed by atoms with Crippen LogP contribution in [0.3, 0.4) is 0 Å². The van der Waals surface area contributed by atoms with Gasteiger partial charge in [0.05, 0.1) is 9.75 Å². The zero-order valence-electron chi connectivity index (χ0n) is 14.6. The molecule has 136 valence electrons. The summed E-state index contributed by atoms with van der Waals surface area (Å²) in [7, 11) is 0. The lowest BCUT2D eigenvalue weighted by molar-refractivity contribution is 0.0986. The Bertz CT molecular complexity index is 883. The zero-order chi connectivity index (χ0) is 17.9. The largest absolute Gasteiger partial charge is 0.410 e. The maximum atomic E-state index is 12.0. The van der Waals surface area contributed by atoms with Crippen molar-refractivity contribution in [2.45, 2.75) is 44.3 Å². The van der Waals surface area contributed by atoms with Gasteiger partial charge in [0.25, 0.3) is 11.1 Å². The number of fused-ring (bicyclic) bond motifs is 1. The molecule has 4 rings (SSSR count). The standard InChI is InChI=1S/C19H20N2O2S3/c1-12-6-7-15-13(10-12)11-17(26-15)18-20-21-19(23-18)25-9-2-4-14(22)16-5-3-8-24-16/h3,5,8,11-12H,2,4,6-7,9-10H2,1H3/t12-/m1/s1. The second-order valence-electron chi connectivity index (χ2n) is 6.63. The highest BCUT2D eigenvalue weighted by atomic mass is 32.2. The van der Waals surface area contributed by atoms with Crippen LogP contribution >= 0.6 is 34.4 Å². The molecule has 26 heavy (non-hydrogen) atoms. The van der Waals surface area contributed by atoms with Gasteiger partial charge in [-0.05, 0) is 54.7 Å². The van der Waals surface area contributed by atoms with Crippen LogP contribution in [0.5, 0.6) is 0 Å². The van der Waals surface area contributed by atoms with Crippen molar-refractivity contribution in [3.05, 3.63) is 38.9 Å². The van der Waals surface area contributed by atoms with E-state index in [4.69, 9.17) is 4.42 Å². The first kappa shape index (κ1) is 17.9. The van der Waals surface area contributed by atoms with Gasteiger partial charge in [0.1, 0.15) is 0 Å². The molecule has 1 atom stereocenters. The van der Waals surface area contributed by atoms with E-state index in [0.29, 0.717) is 17.5 Å². The summed E-state index contributed by atoms with van der Waals surface area (Å²) in [6.45, 7) is 2.31. The van der Waals surface area contributed by atoms with Crippen molar-refractivity contribution in [1.82, 2.24) is 10.2 Å². The van der Waals surface area contributed by atoms with Crippen molar-refractivity contribution in [2.75, 3.05) is 5.75 Å². The third kappa shape index (κ3) is 4.10. The normalized spacial score (nSPS) is 16.6. The number of thiophene rings is 2. The summed E-state index contributed by atoms with van der Waals surface area (Å²) < 4.78 is 5.82. The lowest BCUT2D eigenvalue weighted by atomic mass is 9.90. The summed E-state index contributed by atoms with van der Waals surface area (Å²) >= 11 is 4.81. The fourth-order valence-corrected chi connectivity index (χ4v) is 5.66. The molecule has 0 radical (unpaired) electrons. The molecule has 0 spiro atoms. The van der Waals surface area contributed by atoms with E-state index in [0.717, 1.165) is 40.7 Å². The van der Waals surface area contributed by atoms with E-state index >= 15 is 0 Å². The van der Waals surface area contributed by atoms with Gasteiger partial charge in [-0.15, -0.1) is 32.9 Å². The molecule has 3 aromatic heterocycles. The molecule has 0 fully saturated rings. The Labute approximate surface area is 165 Å². The molecule has 0 bridgehead atoms. The molecule has 0 unspecified atom stereocenters. The number of carbonyl (C=O) groups excluding carboxylic acids is 1. The van der Waals surface area contributed by atoms with Gasteiger partial charge < -0.3 is 4.42 Å². The van der Waals surface area contributed by atoms with Crippen LogP contribution in [0.2, 0.25) is 0 Å². The van der Waals surface area contributed by atoms with E-state index < -0.39 is 0 Å². The molecule has 0 saturated heterocycles. The van der Waals surface area contributed by atoms with Crippen molar-refractivity contribution in [1.29, 1.82) is 0 Å². The van der Waals surface area contributed by atoms with Crippen LogP contribution in [-0.4, -0.2) is 21.7 Å². The first-order valence-electron chi connectivity index (χ1n) is 8.84. The summed E-state index contributed by atoms with van der Waals surface area (Å²) in [5, 5.41) is 10.9. The van der Waals surface area contributed by atoms with Gasteiger partial charge in [-0.25, -0.2) is 0 Å². The van der Waals surface area contributed by atoms with E-state index in [1.54, 1.807) is 11.3 Å². The van der Waals surface area contributed by atoms with Crippen LogP contribution in [0.15, 0.2) is 33.2 Å². The van der Waals surface area contributed by atoms with E-state index in [2.05, 4.69) is 23.2 Å². The number of Topliss-reactive ketones (excluding diaryl/α,β-unsaturated/α-hetero) is 1. The molecule has 0 aliphatic heterocycles. The summed E-state index contributed by atoms with van der Waals surface area (Å²) in [6.07, 6.45) is 4.95. The average Bonchev–Trinajstić information content (AvgIpc) is 3.37. The second kappa shape index (κ2) is 8.06. The Hall–Kier alpha value is -1.44. The molecule has 3 heterocycles. The predicted molar refractivity (Wildman–Crippen MR) is 107 cm³/mol. The quantitative estimate of drug-likeness (QED) is 0.285. The molecule has 7 heteroatoms. The highest BCUT2D eigenvalue weighted by Gasteiger charge is 2.21. The molecule has 4 nitrogen and oxygen atoms in total. The number of aromatic nitrogens is 2. The molecule has 1 aliphatic carbocycles. The van der Waals surface area contributed by atoms with E-state index in [9.17, 15) is 4.79 Å². The number of rotatable bonds is 7. The number of aryl methyl sites for hydroxylation is 1. The SMILES string of the molecule is C[C@@H]1CCc2sc(-c3nnc(SCCCC(=O)c4cccs4)o3)cc2C1. The molecule has 3 aromatic rings. The Morgan fingerprint density at radius 1 is 1.42 bits per heavy atom. The van der Waals surface area contributed by atoms with Crippen molar-refractivity contribution >= 4 is 40.2 Å². The van der Waals surface area contributed by atoms with E-state index in [1.165, 1.54) is 40.0 Å². The fourth-order valence-electron chi connectivity index (χ4n) is 3.13. The van der Waals surface area contributed by atoms with Crippen molar-refractivity contribution in [3.63, 3.8) is 0 Å². The Morgan fingerprint density at radius 3 is 3.19 bits per heavy atom. The fraction of sp³-hybridized carbons (Fsp3) is 0.421. The van der Waals surface area contributed by atoms with Crippen LogP contribution in [0, 0.1) is 5.92 Å². The maximum Gasteiger partial charge on any atom is 0.276 e. The Morgan fingerprint density at radius 2 is 2.35 bits per heavy atom. The third-order valence-corrected chi connectivity index (χ3v) is 7.56. The number of hydrogen-bond acceptors (Lipinski definition) is 7. The number of hydrogen-bond donors (Lipinski definition) is 0. The highest BCUT2D eigenvalue weighted by molar-refractivity contribution is 7.99. The summed E-state index contributed by atoms with van der Waals surface area (Å²) in [5.41, 5.74) is 1.45. The van der Waals surface area contributed by atoms with Crippen molar-refractivity contribution < 1.29 is 9.21 Å². The molecular formula is C19H20N2O2S3. The minimum Gasteiger partial charge on any atom is -0.410 e. The number of nitrogens with zero attached hydrogens (tertiary/aromatic N) is 2.